The Bertz CT molecular complexity index is 352. The molecule has 0 radical (unpaired) electrons. The summed E-state index contributed by atoms with van der Waals surface area (Å²) in [7, 11) is 4.16. The molecule has 0 fully saturated rings. The first kappa shape index (κ1) is 15.0. The van der Waals surface area contributed by atoms with E-state index in [0.717, 1.165) is 13.0 Å². The van der Waals surface area contributed by atoms with Crippen LogP contribution in [0, 0.1) is 5.92 Å². The van der Waals surface area contributed by atoms with Crippen LogP contribution in [0.5, 0.6) is 0 Å². The molecule has 1 N–H and O–H groups in total. The van der Waals surface area contributed by atoms with Gasteiger partial charge in [-0.1, -0.05) is 26.0 Å². The van der Waals surface area contributed by atoms with Crippen LogP contribution in [0.1, 0.15) is 33.3 Å². The fourth-order valence-corrected chi connectivity index (χ4v) is 2.23. The lowest BCUT2D eigenvalue weighted by molar-refractivity contribution is 0.463. The zero-order chi connectivity index (χ0) is 13.8. The summed E-state index contributed by atoms with van der Waals surface area (Å²) in [6, 6.07) is 8.97. The lowest BCUT2D eigenvalue weighted by atomic mass is 10.00. The second-order valence-electron chi connectivity index (χ2n) is 6.17. The minimum absolute atomic E-state index is 0.119. The lowest BCUT2D eigenvalue weighted by Crippen LogP contribution is -2.48. The topological polar surface area (TPSA) is 15.3 Å². The van der Waals surface area contributed by atoms with Crippen LogP contribution < -0.4 is 10.2 Å². The fraction of sp³-hybridized carbons (Fsp3) is 0.625. The number of nitrogens with one attached hydrogen (secondary N) is 1. The molecule has 0 aliphatic rings. The molecule has 0 spiro atoms. The molecule has 2 heteroatoms. The molecule has 0 bridgehead atoms. The fourth-order valence-electron chi connectivity index (χ4n) is 2.23. The summed E-state index contributed by atoms with van der Waals surface area (Å²) in [4.78, 5) is 2.34. The SMILES string of the molecule is CNCC(C)(C)N(C)c1ccc(CC(C)C)cc1. The van der Waals surface area contributed by atoms with E-state index in [2.05, 4.69) is 69.2 Å². The highest BCUT2D eigenvalue weighted by atomic mass is 15.2. The average molecular weight is 248 g/mol. The van der Waals surface area contributed by atoms with Gasteiger partial charge in [0.25, 0.3) is 0 Å². The van der Waals surface area contributed by atoms with Gasteiger partial charge in [-0.3, -0.25) is 0 Å². The molecule has 1 aromatic rings. The Morgan fingerprint density at radius 2 is 1.72 bits per heavy atom. The van der Waals surface area contributed by atoms with Gasteiger partial charge < -0.3 is 10.2 Å². The molecule has 0 amide bonds. The summed E-state index contributed by atoms with van der Waals surface area (Å²) in [5, 5.41) is 3.25. The molecule has 0 unspecified atom stereocenters. The molecule has 0 atom stereocenters. The predicted molar refractivity (Wildman–Crippen MR) is 81.4 cm³/mol. The number of benzene rings is 1. The molecule has 1 aromatic carbocycles. The van der Waals surface area contributed by atoms with E-state index in [1.165, 1.54) is 11.3 Å². The minimum atomic E-state index is 0.119. The third-order valence-electron chi connectivity index (χ3n) is 3.48. The van der Waals surface area contributed by atoms with Crippen molar-refractivity contribution in [3.8, 4) is 0 Å². The highest BCUT2D eigenvalue weighted by Crippen LogP contribution is 2.22. The van der Waals surface area contributed by atoms with Crippen molar-refractivity contribution < 1.29 is 0 Å². The van der Waals surface area contributed by atoms with Crippen molar-refractivity contribution in [3.63, 3.8) is 0 Å². The van der Waals surface area contributed by atoms with Gasteiger partial charge in [0, 0.05) is 24.8 Å². The monoisotopic (exact) mass is 248 g/mol. The Kier molecular flexibility index (Phi) is 5.21. The Balaban J connectivity index is 2.78. The van der Waals surface area contributed by atoms with Crippen LogP contribution in [0.25, 0.3) is 0 Å². The Labute approximate surface area is 112 Å². The van der Waals surface area contributed by atoms with Gasteiger partial charge in [-0.25, -0.2) is 0 Å². The van der Waals surface area contributed by atoms with Crippen molar-refractivity contribution in [1.29, 1.82) is 0 Å². The van der Waals surface area contributed by atoms with Gasteiger partial charge in [-0.2, -0.15) is 0 Å². The van der Waals surface area contributed by atoms with Crippen molar-refractivity contribution in [3.05, 3.63) is 29.8 Å². The van der Waals surface area contributed by atoms with Crippen molar-refractivity contribution >= 4 is 5.69 Å². The molecule has 0 saturated heterocycles. The number of likely N-dealkylation sites (N-methyl/N-ethyl adjacent to an activating group) is 2. The van der Waals surface area contributed by atoms with Gasteiger partial charge in [-0.15, -0.1) is 0 Å². The highest BCUT2D eigenvalue weighted by molar-refractivity contribution is 5.49. The van der Waals surface area contributed by atoms with E-state index < -0.39 is 0 Å². The van der Waals surface area contributed by atoms with E-state index in [4.69, 9.17) is 0 Å². The van der Waals surface area contributed by atoms with E-state index in [1.807, 2.05) is 7.05 Å². The van der Waals surface area contributed by atoms with Gasteiger partial charge in [0.15, 0.2) is 0 Å². The molecule has 2 nitrogen and oxygen atoms in total. The number of hydrogen-bond donors (Lipinski definition) is 1. The summed E-state index contributed by atoms with van der Waals surface area (Å²) in [6.45, 7) is 10.0. The average Bonchev–Trinajstić information content (AvgIpc) is 2.28. The van der Waals surface area contributed by atoms with Crippen molar-refractivity contribution in [2.75, 3.05) is 25.5 Å². The van der Waals surface area contributed by atoms with E-state index in [0.29, 0.717) is 5.92 Å². The molecule has 0 aliphatic carbocycles. The second kappa shape index (κ2) is 6.24. The molecular formula is C16H28N2. The minimum Gasteiger partial charge on any atom is -0.368 e. The Morgan fingerprint density at radius 1 is 1.17 bits per heavy atom. The zero-order valence-corrected chi connectivity index (χ0v) is 12.7. The van der Waals surface area contributed by atoms with Gasteiger partial charge in [0.2, 0.25) is 0 Å². The van der Waals surface area contributed by atoms with Gasteiger partial charge in [0.1, 0.15) is 0 Å². The van der Waals surface area contributed by atoms with Crippen LogP contribution >= 0.6 is 0 Å². The van der Waals surface area contributed by atoms with Gasteiger partial charge in [0.05, 0.1) is 0 Å². The third-order valence-corrected chi connectivity index (χ3v) is 3.48. The molecule has 0 heterocycles. The van der Waals surface area contributed by atoms with Gasteiger partial charge >= 0.3 is 0 Å². The van der Waals surface area contributed by atoms with Crippen molar-refractivity contribution in [2.24, 2.45) is 5.92 Å². The first-order valence-corrected chi connectivity index (χ1v) is 6.84. The van der Waals surface area contributed by atoms with Crippen LogP contribution in [0.15, 0.2) is 24.3 Å². The predicted octanol–water partition coefficient (Wildman–Crippen LogP) is 3.32. The maximum Gasteiger partial charge on any atom is 0.0466 e. The van der Waals surface area contributed by atoms with Gasteiger partial charge in [-0.05, 0) is 50.9 Å². The second-order valence-corrected chi connectivity index (χ2v) is 6.17. The number of nitrogens with zero attached hydrogens (tertiary/aromatic N) is 1. The van der Waals surface area contributed by atoms with E-state index in [9.17, 15) is 0 Å². The molecule has 0 aliphatic heterocycles. The lowest BCUT2D eigenvalue weighted by Gasteiger charge is -2.37. The van der Waals surface area contributed by atoms with E-state index in [1.54, 1.807) is 0 Å². The van der Waals surface area contributed by atoms with Crippen LogP contribution in [0.4, 0.5) is 5.69 Å². The highest BCUT2D eigenvalue weighted by Gasteiger charge is 2.22. The third kappa shape index (κ3) is 4.02. The number of rotatable bonds is 6. The maximum absolute atomic E-state index is 3.25. The molecule has 18 heavy (non-hydrogen) atoms. The molecule has 0 saturated carbocycles. The quantitative estimate of drug-likeness (QED) is 0.831. The smallest absolute Gasteiger partial charge is 0.0466 e. The summed E-state index contributed by atoms with van der Waals surface area (Å²) < 4.78 is 0. The first-order valence-electron chi connectivity index (χ1n) is 6.84. The summed E-state index contributed by atoms with van der Waals surface area (Å²) in [6.07, 6.45) is 1.16. The Morgan fingerprint density at radius 3 is 2.17 bits per heavy atom. The number of hydrogen-bond acceptors (Lipinski definition) is 2. The van der Waals surface area contributed by atoms with Crippen molar-refractivity contribution in [1.82, 2.24) is 5.32 Å². The molecule has 102 valence electrons. The molecule has 0 aromatic heterocycles. The van der Waals surface area contributed by atoms with Crippen LogP contribution in [0.3, 0.4) is 0 Å². The summed E-state index contributed by atoms with van der Waals surface area (Å²) >= 11 is 0. The molecule has 1 rings (SSSR count). The normalized spacial score (nSPS) is 11.9. The van der Waals surface area contributed by atoms with Crippen LogP contribution in [0.2, 0.25) is 0 Å². The summed E-state index contributed by atoms with van der Waals surface area (Å²) in [5.41, 5.74) is 2.82. The number of anilines is 1. The van der Waals surface area contributed by atoms with E-state index in [-0.39, 0.29) is 5.54 Å². The Hall–Kier alpha value is -1.02. The van der Waals surface area contributed by atoms with Crippen molar-refractivity contribution in [2.45, 2.75) is 39.7 Å². The largest absolute Gasteiger partial charge is 0.368 e. The van der Waals surface area contributed by atoms with Crippen LogP contribution in [-0.4, -0.2) is 26.2 Å². The first-order chi connectivity index (χ1) is 8.36. The standard InChI is InChI=1S/C16H28N2/c1-13(2)11-14-7-9-15(10-8-14)18(6)16(3,4)12-17-5/h7-10,13,17H,11-12H2,1-6H3. The maximum atomic E-state index is 3.25. The molecular weight excluding hydrogens is 220 g/mol. The van der Waals surface area contributed by atoms with E-state index >= 15 is 0 Å². The summed E-state index contributed by atoms with van der Waals surface area (Å²) in [5.74, 6) is 0.717. The van der Waals surface area contributed by atoms with Crippen LogP contribution in [-0.2, 0) is 6.42 Å². The zero-order valence-electron chi connectivity index (χ0n) is 12.7.